The van der Waals surface area contributed by atoms with Gasteiger partial charge in [-0.1, -0.05) is 30.3 Å². The average Bonchev–Trinajstić information content (AvgIpc) is 3.20. The second kappa shape index (κ2) is 7.82. The first kappa shape index (κ1) is 17.6. The lowest BCUT2D eigenvalue weighted by Gasteiger charge is -2.24. The molecule has 5 heteroatoms. The molecule has 3 aromatic rings. The van der Waals surface area contributed by atoms with Crippen LogP contribution in [0.2, 0.25) is 0 Å². The zero-order valence-electron chi connectivity index (χ0n) is 15.6. The van der Waals surface area contributed by atoms with E-state index in [1.54, 1.807) is 12.5 Å². The van der Waals surface area contributed by atoms with Crippen LogP contribution >= 0.6 is 0 Å². The van der Waals surface area contributed by atoms with E-state index >= 15 is 0 Å². The number of aromatic nitrogens is 2. The van der Waals surface area contributed by atoms with Gasteiger partial charge in [-0.25, -0.2) is 4.98 Å². The lowest BCUT2D eigenvalue weighted by Crippen LogP contribution is -2.34. The van der Waals surface area contributed by atoms with Crippen LogP contribution in [-0.4, -0.2) is 26.4 Å². The van der Waals surface area contributed by atoms with E-state index in [0.29, 0.717) is 19.0 Å². The monoisotopic (exact) mass is 363 g/mol. The summed E-state index contributed by atoms with van der Waals surface area (Å²) in [6.07, 6.45) is 8.80. The van der Waals surface area contributed by atoms with Crippen molar-refractivity contribution in [1.82, 2.24) is 14.5 Å². The molecule has 2 heterocycles. The molecule has 1 aliphatic carbocycles. The van der Waals surface area contributed by atoms with Gasteiger partial charge in [0.1, 0.15) is 11.6 Å². The zero-order valence-corrected chi connectivity index (χ0v) is 15.6. The van der Waals surface area contributed by atoms with Gasteiger partial charge in [-0.3, -0.25) is 4.79 Å². The largest absolute Gasteiger partial charge is 0.469 e. The lowest BCUT2D eigenvalue weighted by atomic mass is 9.93. The summed E-state index contributed by atoms with van der Waals surface area (Å²) in [7, 11) is 1.97. The third-order valence-electron chi connectivity index (χ3n) is 5.23. The molecule has 0 N–H and O–H groups in total. The Balaban J connectivity index is 1.50. The van der Waals surface area contributed by atoms with Crippen molar-refractivity contribution >= 4 is 5.91 Å². The molecule has 0 radical (unpaired) electrons. The van der Waals surface area contributed by atoms with E-state index in [1.165, 1.54) is 5.56 Å². The van der Waals surface area contributed by atoms with E-state index in [9.17, 15) is 4.79 Å². The summed E-state index contributed by atoms with van der Waals surface area (Å²) in [5, 5.41) is 0. The highest BCUT2D eigenvalue weighted by Crippen LogP contribution is 2.32. The van der Waals surface area contributed by atoms with Crippen molar-refractivity contribution < 1.29 is 9.21 Å². The molecule has 1 unspecified atom stereocenters. The van der Waals surface area contributed by atoms with Crippen molar-refractivity contribution in [1.29, 1.82) is 0 Å². The number of amides is 1. The van der Waals surface area contributed by atoms with Crippen molar-refractivity contribution in [2.45, 2.75) is 44.2 Å². The molecule has 0 aliphatic heterocycles. The van der Waals surface area contributed by atoms with Gasteiger partial charge in [-0.2, -0.15) is 0 Å². The second-order valence-corrected chi connectivity index (χ2v) is 7.31. The first-order chi connectivity index (χ1) is 13.2. The van der Waals surface area contributed by atoms with E-state index < -0.39 is 0 Å². The van der Waals surface area contributed by atoms with Gasteiger partial charge < -0.3 is 13.9 Å². The Morgan fingerprint density at radius 3 is 2.70 bits per heavy atom. The van der Waals surface area contributed by atoms with Gasteiger partial charge in [0.2, 0.25) is 5.91 Å². The summed E-state index contributed by atoms with van der Waals surface area (Å²) in [6, 6.07) is 14.5. The number of hydrogen-bond donors (Lipinski definition) is 0. The van der Waals surface area contributed by atoms with Crippen LogP contribution in [0.15, 0.2) is 65.5 Å². The molecule has 1 fully saturated rings. The fourth-order valence-electron chi connectivity index (χ4n) is 3.53. The molecule has 0 spiro atoms. The third-order valence-corrected chi connectivity index (χ3v) is 5.23. The predicted molar refractivity (Wildman–Crippen MR) is 103 cm³/mol. The number of furan rings is 1. The highest BCUT2D eigenvalue weighted by molar-refractivity contribution is 5.77. The summed E-state index contributed by atoms with van der Waals surface area (Å²) in [4.78, 5) is 19.6. The predicted octanol–water partition coefficient (Wildman–Crippen LogP) is 3.92. The van der Waals surface area contributed by atoms with Crippen molar-refractivity contribution in [3.05, 3.63) is 78.3 Å². The van der Waals surface area contributed by atoms with Crippen molar-refractivity contribution in [2.75, 3.05) is 0 Å². The zero-order chi connectivity index (χ0) is 18.6. The number of rotatable bonds is 8. The van der Waals surface area contributed by atoms with Gasteiger partial charge in [0.25, 0.3) is 0 Å². The van der Waals surface area contributed by atoms with Gasteiger partial charge in [-0.15, -0.1) is 0 Å². The fourth-order valence-corrected chi connectivity index (χ4v) is 3.53. The Kier molecular flexibility index (Phi) is 5.10. The second-order valence-electron chi connectivity index (χ2n) is 7.31. The quantitative estimate of drug-likeness (QED) is 0.609. The molecule has 1 aliphatic rings. The van der Waals surface area contributed by atoms with Crippen molar-refractivity contribution in [3.8, 4) is 0 Å². The molecule has 1 saturated carbocycles. The molecular weight excluding hydrogens is 338 g/mol. The Morgan fingerprint density at radius 1 is 1.26 bits per heavy atom. The van der Waals surface area contributed by atoms with Crippen LogP contribution in [0.5, 0.6) is 0 Å². The van der Waals surface area contributed by atoms with Gasteiger partial charge >= 0.3 is 0 Å². The minimum Gasteiger partial charge on any atom is -0.469 e. The van der Waals surface area contributed by atoms with Crippen LogP contribution in [0.1, 0.15) is 42.3 Å². The van der Waals surface area contributed by atoms with Crippen LogP contribution in [0.25, 0.3) is 0 Å². The van der Waals surface area contributed by atoms with E-state index in [4.69, 9.17) is 4.42 Å². The normalized spacial score (nSPS) is 14.9. The summed E-state index contributed by atoms with van der Waals surface area (Å²) < 4.78 is 7.65. The SMILES string of the molecule is Cn1ccnc1CN(C(=O)CC(Cc1ccccc1)c1ccco1)C1CC1. The Hall–Kier alpha value is -2.82. The van der Waals surface area contributed by atoms with Crippen LogP contribution in [0.4, 0.5) is 0 Å². The number of hydrogen-bond acceptors (Lipinski definition) is 3. The van der Waals surface area contributed by atoms with Crippen LogP contribution in [0.3, 0.4) is 0 Å². The standard InChI is InChI=1S/C22H25N3O2/c1-24-12-11-23-21(24)16-25(19-9-10-19)22(26)15-18(20-8-5-13-27-20)14-17-6-3-2-4-7-17/h2-8,11-13,18-19H,9-10,14-16H2,1H3. The van der Waals surface area contributed by atoms with Gasteiger partial charge in [0, 0.05) is 37.8 Å². The smallest absolute Gasteiger partial charge is 0.223 e. The lowest BCUT2D eigenvalue weighted by molar-refractivity contribution is -0.133. The van der Waals surface area contributed by atoms with Crippen LogP contribution in [0, 0.1) is 0 Å². The Bertz CT molecular complexity index is 866. The topological polar surface area (TPSA) is 51.3 Å². The van der Waals surface area contributed by atoms with Gasteiger partial charge in [0.05, 0.1) is 12.8 Å². The van der Waals surface area contributed by atoms with Gasteiger partial charge in [-0.05, 0) is 37.0 Å². The number of nitrogens with zero attached hydrogens (tertiary/aromatic N) is 3. The molecule has 5 nitrogen and oxygen atoms in total. The molecular formula is C22H25N3O2. The molecule has 1 aromatic carbocycles. The molecule has 0 bridgehead atoms. The first-order valence-electron chi connectivity index (χ1n) is 9.53. The number of carbonyl (C=O) groups excluding carboxylic acids is 1. The summed E-state index contributed by atoms with van der Waals surface area (Å²) in [5.41, 5.74) is 1.22. The van der Waals surface area contributed by atoms with E-state index in [2.05, 4.69) is 17.1 Å². The molecule has 1 atom stereocenters. The molecule has 27 heavy (non-hydrogen) atoms. The molecule has 140 valence electrons. The molecule has 1 amide bonds. The number of carbonyl (C=O) groups is 1. The van der Waals surface area contributed by atoms with E-state index in [0.717, 1.165) is 30.8 Å². The minimum absolute atomic E-state index is 0.0394. The maximum atomic E-state index is 13.2. The summed E-state index contributed by atoms with van der Waals surface area (Å²) in [6.45, 7) is 0.573. The van der Waals surface area contributed by atoms with Crippen LogP contribution in [-0.2, 0) is 24.8 Å². The van der Waals surface area contributed by atoms with E-state index in [-0.39, 0.29) is 11.8 Å². The highest BCUT2D eigenvalue weighted by Gasteiger charge is 2.34. The van der Waals surface area contributed by atoms with Crippen molar-refractivity contribution in [3.63, 3.8) is 0 Å². The molecule has 2 aromatic heterocycles. The maximum absolute atomic E-state index is 13.2. The summed E-state index contributed by atoms with van der Waals surface area (Å²) >= 11 is 0. The Morgan fingerprint density at radius 2 is 2.07 bits per heavy atom. The van der Waals surface area contributed by atoms with E-state index in [1.807, 2.05) is 53.0 Å². The molecule has 0 saturated heterocycles. The maximum Gasteiger partial charge on any atom is 0.223 e. The number of aryl methyl sites for hydroxylation is 1. The minimum atomic E-state index is 0.0394. The number of benzene rings is 1. The van der Waals surface area contributed by atoms with Gasteiger partial charge in [0.15, 0.2) is 0 Å². The number of imidazole rings is 1. The summed E-state index contributed by atoms with van der Waals surface area (Å²) in [5.74, 6) is 2.02. The fraction of sp³-hybridized carbons (Fsp3) is 0.364. The molecule has 4 rings (SSSR count). The first-order valence-corrected chi connectivity index (χ1v) is 9.53. The Labute approximate surface area is 159 Å². The van der Waals surface area contributed by atoms with Crippen LogP contribution < -0.4 is 0 Å². The highest BCUT2D eigenvalue weighted by atomic mass is 16.3. The third kappa shape index (κ3) is 4.30. The van der Waals surface area contributed by atoms with Crippen molar-refractivity contribution in [2.24, 2.45) is 7.05 Å². The average molecular weight is 363 g/mol.